The minimum atomic E-state index is -0.825. The number of benzene rings is 1. The molecule has 1 aromatic carbocycles. The maximum atomic E-state index is 12.4. The molecule has 28 heavy (non-hydrogen) atoms. The summed E-state index contributed by atoms with van der Waals surface area (Å²) in [4.78, 5) is 38.4. The lowest BCUT2D eigenvalue weighted by atomic mass is 10.1. The van der Waals surface area contributed by atoms with Gasteiger partial charge in [0.2, 0.25) is 5.91 Å². The fourth-order valence-corrected chi connectivity index (χ4v) is 2.97. The fourth-order valence-electron chi connectivity index (χ4n) is 2.66. The van der Waals surface area contributed by atoms with E-state index >= 15 is 0 Å². The average molecular weight is 407 g/mol. The van der Waals surface area contributed by atoms with E-state index in [0.29, 0.717) is 30.8 Å². The lowest BCUT2D eigenvalue weighted by Gasteiger charge is -2.36. The molecule has 1 aliphatic heterocycles. The maximum absolute atomic E-state index is 12.4. The number of piperazine rings is 1. The third-order valence-electron chi connectivity index (χ3n) is 4.43. The van der Waals surface area contributed by atoms with Crippen molar-refractivity contribution in [3.63, 3.8) is 0 Å². The van der Waals surface area contributed by atoms with Crippen LogP contribution in [-0.4, -0.2) is 60.1 Å². The molecule has 2 atom stereocenters. The largest absolute Gasteiger partial charge is 0.497 e. The Kier molecular flexibility index (Phi) is 7.74. The summed E-state index contributed by atoms with van der Waals surface area (Å²) in [6, 6.07) is 5.73. The molecular formula is C19H25N3O5S. The van der Waals surface area contributed by atoms with E-state index in [0.717, 1.165) is 0 Å². The molecular weight excluding hydrogens is 382 g/mol. The summed E-state index contributed by atoms with van der Waals surface area (Å²) in [5, 5.41) is 5.43. The summed E-state index contributed by atoms with van der Waals surface area (Å²) in [6.07, 6.45) is 0.312. The summed E-state index contributed by atoms with van der Waals surface area (Å²) < 4.78 is 10.3. The van der Waals surface area contributed by atoms with Crippen molar-refractivity contribution in [3.05, 3.63) is 29.8 Å². The molecule has 2 amide bonds. The van der Waals surface area contributed by atoms with Gasteiger partial charge in [-0.3, -0.25) is 19.7 Å². The molecule has 0 aromatic heterocycles. The van der Waals surface area contributed by atoms with Gasteiger partial charge < -0.3 is 19.7 Å². The number of ether oxygens (including phenoxy) is 2. The first-order valence-corrected chi connectivity index (χ1v) is 9.49. The topological polar surface area (TPSA) is 97.0 Å². The van der Waals surface area contributed by atoms with Crippen LogP contribution in [0.5, 0.6) is 5.75 Å². The zero-order chi connectivity index (χ0) is 20.7. The molecule has 0 bridgehead atoms. The molecule has 2 N–H and O–H groups in total. The van der Waals surface area contributed by atoms with Gasteiger partial charge >= 0.3 is 5.97 Å². The molecule has 9 heteroatoms. The van der Waals surface area contributed by atoms with Crippen LogP contribution in [0.2, 0.25) is 0 Å². The maximum Gasteiger partial charge on any atom is 0.308 e. The van der Waals surface area contributed by atoms with Crippen molar-refractivity contribution in [3.8, 4) is 5.75 Å². The molecule has 1 heterocycles. The van der Waals surface area contributed by atoms with Gasteiger partial charge in [-0.15, -0.1) is 0 Å². The Morgan fingerprint density at radius 2 is 2.04 bits per heavy atom. The second kappa shape index (κ2) is 10.0. The number of nitrogens with one attached hydrogen (secondary N) is 2. The van der Waals surface area contributed by atoms with Crippen LogP contribution in [0.4, 0.5) is 0 Å². The first-order chi connectivity index (χ1) is 13.3. The number of methoxy groups -OCH3 is 1. The van der Waals surface area contributed by atoms with Gasteiger partial charge in [0.1, 0.15) is 11.8 Å². The molecule has 0 saturated carbocycles. The Morgan fingerprint density at radius 1 is 1.36 bits per heavy atom. The van der Waals surface area contributed by atoms with Crippen LogP contribution in [0, 0.1) is 0 Å². The number of carbonyl (C=O) groups is 3. The smallest absolute Gasteiger partial charge is 0.308 e. The summed E-state index contributed by atoms with van der Waals surface area (Å²) in [5.41, 5.74) is 0.400. The number of esters is 1. The summed E-state index contributed by atoms with van der Waals surface area (Å²) >= 11 is 5.33. The number of rotatable bonds is 6. The van der Waals surface area contributed by atoms with Gasteiger partial charge in [0.15, 0.2) is 5.11 Å². The van der Waals surface area contributed by atoms with Crippen LogP contribution >= 0.6 is 12.2 Å². The van der Waals surface area contributed by atoms with Crippen molar-refractivity contribution < 1.29 is 23.9 Å². The highest BCUT2D eigenvalue weighted by Crippen LogP contribution is 2.14. The van der Waals surface area contributed by atoms with Gasteiger partial charge in [0, 0.05) is 18.7 Å². The highest BCUT2D eigenvalue weighted by molar-refractivity contribution is 7.80. The second-order valence-corrected chi connectivity index (χ2v) is 6.79. The van der Waals surface area contributed by atoms with E-state index in [2.05, 4.69) is 10.6 Å². The summed E-state index contributed by atoms with van der Waals surface area (Å²) in [5.74, 6) is -0.578. The summed E-state index contributed by atoms with van der Waals surface area (Å²) in [6.45, 7) is 4.45. The minimum Gasteiger partial charge on any atom is -0.497 e. The Bertz CT molecular complexity index is 738. The van der Waals surface area contributed by atoms with Crippen molar-refractivity contribution >= 4 is 35.1 Å². The van der Waals surface area contributed by atoms with E-state index in [1.807, 2.05) is 6.92 Å². The number of amides is 2. The molecule has 0 radical (unpaired) electrons. The normalized spacial score (nSPS) is 17.3. The summed E-state index contributed by atoms with van der Waals surface area (Å²) in [7, 11) is 1.54. The van der Waals surface area contributed by atoms with Crippen molar-refractivity contribution in [1.29, 1.82) is 0 Å². The molecule has 2 unspecified atom stereocenters. The van der Waals surface area contributed by atoms with Crippen LogP contribution in [0.15, 0.2) is 24.3 Å². The lowest BCUT2D eigenvalue weighted by molar-refractivity contribution is -0.151. The Balaban J connectivity index is 2.04. The van der Waals surface area contributed by atoms with Crippen LogP contribution < -0.4 is 15.4 Å². The van der Waals surface area contributed by atoms with Crippen LogP contribution in [0.3, 0.4) is 0 Å². The third-order valence-corrected chi connectivity index (χ3v) is 4.77. The highest BCUT2D eigenvalue weighted by Gasteiger charge is 2.34. The van der Waals surface area contributed by atoms with Crippen molar-refractivity contribution in [2.24, 2.45) is 0 Å². The van der Waals surface area contributed by atoms with Gasteiger partial charge in [-0.1, -0.05) is 6.92 Å². The molecule has 1 fully saturated rings. The molecule has 8 nitrogen and oxygen atoms in total. The molecule has 0 aliphatic carbocycles. The van der Waals surface area contributed by atoms with Gasteiger partial charge in [-0.05, 0) is 49.8 Å². The lowest BCUT2D eigenvalue weighted by Crippen LogP contribution is -2.60. The zero-order valence-electron chi connectivity index (χ0n) is 16.2. The van der Waals surface area contributed by atoms with Gasteiger partial charge in [-0.25, -0.2) is 0 Å². The van der Waals surface area contributed by atoms with E-state index in [4.69, 9.17) is 21.7 Å². The number of hydrogen-bond acceptors (Lipinski definition) is 6. The van der Waals surface area contributed by atoms with Crippen LogP contribution in [-0.2, 0) is 14.3 Å². The predicted octanol–water partition coefficient (Wildman–Crippen LogP) is 1.24. The standard InChI is InChI=1S/C19H25N3O5S/c1-4-12(2)27-16(23)11-15-18(25)20-9-10-22(15)19(28)21-17(24)13-5-7-14(26-3)8-6-13/h5-8,12,15H,4,9-11H2,1-3H3,(H,20,25)(H,21,24,28). The van der Waals surface area contributed by atoms with Gasteiger partial charge in [0.05, 0.1) is 19.6 Å². The first kappa shape index (κ1) is 21.6. The van der Waals surface area contributed by atoms with E-state index in [-0.39, 0.29) is 23.5 Å². The average Bonchev–Trinajstić information content (AvgIpc) is 2.69. The van der Waals surface area contributed by atoms with E-state index in [1.165, 1.54) is 7.11 Å². The number of carbonyl (C=O) groups excluding carboxylic acids is 3. The van der Waals surface area contributed by atoms with Crippen molar-refractivity contribution in [2.45, 2.75) is 38.8 Å². The van der Waals surface area contributed by atoms with E-state index in [9.17, 15) is 14.4 Å². The Morgan fingerprint density at radius 3 is 2.64 bits per heavy atom. The van der Waals surface area contributed by atoms with Gasteiger partial charge in [0.25, 0.3) is 5.91 Å². The molecule has 1 aliphatic rings. The fraction of sp³-hybridized carbons (Fsp3) is 0.474. The predicted molar refractivity (Wildman–Crippen MR) is 107 cm³/mol. The molecule has 152 valence electrons. The first-order valence-electron chi connectivity index (χ1n) is 9.08. The number of nitrogens with zero attached hydrogens (tertiary/aromatic N) is 1. The van der Waals surface area contributed by atoms with Crippen molar-refractivity contribution in [2.75, 3.05) is 20.2 Å². The van der Waals surface area contributed by atoms with Gasteiger partial charge in [-0.2, -0.15) is 0 Å². The quantitative estimate of drug-likeness (QED) is 0.541. The molecule has 1 saturated heterocycles. The van der Waals surface area contributed by atoms with E-state index in [1.54, 1.807) is 36.1 Å². The molecule has 2 rings (SSSR count). The van der Waals surface area contributed by atoms with E-state index < -0.39 is 17.9 Å². The molecule has 0 spiro atoms. The van der Waals surface area contributed by atoms with Crippen LogP contribution in [0.25, 0.3) is 0 Å². The Labute approximate surface area is 169 Å². The Hall–Kier alpha value is -2.68. The number of thiocarbonyl (C=S) groups is 1. The highest BCUT2D eigenvalue weighted by atomic mass is 32.1. The monoisotopic (exact) mass is 407 g/mol. The second-order valence-electron chi connectivity index (χ2n) is 6.40. The third kappa shape index (κ3) is 5.66. The zero-order valence-corrected chi connectivity index (χ0v) is 17.0. The minimum absolute atomic E-state index is 0.0945. The number of hydrogen-bond donors (Lipinski definition) is 2. The molecule has 1 aromatic rings. The SMILES string of the molecule is CCC(C)OC(=O)CC1C(=O)NCCN1C(=S)NC(=O)c1ccc(OC)cc1. The van der Waals surface area contributed by atoms with Crippen LogP contribution in [0.1, 0.15) is 37.0 Å². The van der Waals surface area contributed by atoms with Crippen molar-refractivity contribution in [1.82, 2.24) is 15.5 Å².